The van der Waals surface area contributed by atoms with Gasteiger partial charge in [-0.25, -0.2) is 8.42 Å². The lowest BCUT2D eigenvalue weighted by atomic mass is 10.2. The van der Waals surface area contributed by atoms with Crippen molar-refractivity contribution < 1.29 is 22.9 Å². The Morgan fingerprint density at radius 2 is 1.89 bits per heavy atom. The smallest absolute Gasteiger partial charge is 0.273 e. The van der Waals surface area contributed by atoms with Crippen molar-refractivity contribution in [2.24, 2.45) is 0 Å². The molecule has 0 heterocycles. The molecule has 0 saturated heterocycles. The summed E-state index contributed by atoms with van der Waals surface area (Å²) in [5, 5.41) is 14.4. The summed E-state index contributed by atoms with van der Waals surface area (Å²) in [4.78, 5) is 24.4. The minimum atomic E-state index is -4.46. The summed E-state index contributed by atoms with van der Waals surface area (Å²) >= 11 is 7.68. The van der Waals surface area contributed by atoms with Crippen molar-refractivity contribution >= 4 is 56.4 Å². The number of hydrogen-bond acceptors (Lipinski definition) is 7. The number of benzene rings is 3. The highest BCUT2D eigenvalue weighted by Gasteiger charge is 2.31. The van der Waals surface area contributed by atoms with E-state index in [1.54, 1.807) is 12.1 Å². The number of para-hydroxylation sites is 1. The van der Waals surface area contributed by atoms with Crippen LogP contribution >= 0.6 is 23.4 Å². The van der Waals surface area contributed by atoms with Gasteiger partial charge in [-0.05, 0) is 49.1 Å². The fourth-order valence-electron chi connectivity index (χ4n) is 3.40. The SMILES string of the molecule is CCSc1ccccc1NC(=O)CN(c1cc(Cl)ccc1OC)S(=O)(=O)c1ccc(C)c([N+](=O)[O-])c1. The highest BCUT2D eigenvalue weighted by Crippen LogP contribution is 2.36. The number of hydrogen-bond donors (Lipinski definition) is 1. The summed E-state index contributed by atoms with van der Waals surface area (Å²) in [5.41, 5.74) is 0.494. The fourth-order valence-corrected chi connectivity index (χ4v) is 5.77. The molecule has 36 heavy (non-hydrogen) atoms. The van der Waals surface area contributed by atoms with E-state index in [4.69, 9.17) is 16.3 Å². The van der Waals surface area contributed by atoms with Crippen LogP contribution < -0.4 is 14.4 Å². The van der Waals surface area contributed by atoms with E-state index in [0.29, 0.717) is 11.3 Å². The van der Waals surface area contributed by atoms with Crippen LogP contribution in [0.2, 0.25) is 5.02 Å². The molecule has 3 aromatic carbocycles. The molecule has 0 bridgehead atoms. The minimum absolute atomic E-state index is 0.0135. The van der Waals surface area contributed by atoms with Crippen molar-refractivity contribution in [1.29, 1.82) is 0 Å². The molecule has 0 aliphatic carbocycles. The summed E-state index contributed by atoms with van der Waals surface area (Å²) in [5.74, 6) is 0.310. The van der Waals surface area contributed by atoms with Crippen LogP contribution in [0.25, 0.3) is 0 Å². The van der Waals surface area contributed by atoms with Crippen molar-refractivity contribution in [3.63, 3.8) is 0 Å². The summed E-state index contributed by atoms with van der Waals surface area (Å²) in [6.07, 6.45) is 0. The molecule has 0 radical (unpaired) electrons. The second-order valence-electron chi connectivity index (χ2n) is 7.51. The van der Waals surface area contributed by atoms with Gasteiger partial charge in [0.1, 0.15) is 12.3 Å². The predicted octanol–water partition coefficient (Wildman–Crippen LogP) is 5.51. The van der Waals surface area contributed by atoms with Gasteiger partial charge in [-0.3, -0.25) is 19.2 Å². The van der Waals surface area contributed by atoms with E-state index in [-0.39, 0.29) is 27.0 Å². The average molecular weight is 550 g/mol. The Hall–Kier alpha value is -3.28. The molecule has 12 heteroatoms. The monoisotopic (exact) mass is 549 g/mol. The van der Waals surface area contributed by atoms with Gasteiger partial charge in [0.2, 0.25) is 5.91 Å². The lowest BCUT2D eigenvalue weighted by Gasteiger charge is -2.26. The number of thioether (sulfide) groups is 1. The lowest BCUT2D eigenvalue weighted by Crippen LogP contribution is -2.38. The number of nitrogens with zero attached hydrogens (tertiary/aromatic N) is 2. The van der Waals surface area contributed by atoms with Gasteiger partial charge in [-0.2, -0.15) is 0 Å². The van der Waals surface area contributed by atoms with Crippen LogP contribution in [0.1, 0.15) is 12.5 Å². The Morgan fingerprint density at radius 3 is 2.56 bits per heavy atom. The number of nitro benzene ring substituents is 1. The second-order valence-corrected chi connectivity index (χ2v) is 11.1. The van der Waals surface area contributed by atoms with Gasteiger partial charge < -0.3 is 10.1 Å². The van der Waals surface area contributed by atoms with E-state index in [2.05, 4.69) is 5.32 Å². The molecular weight excluding hydrogens is 526 g/mol. The third-order valence-corrected chi connectivity index (χ3v) is 8.07. The molecule has 190 valence electrons. The Balaban J connectivity index is 2.09. The van der Waals surface area contributed by atoms with Crippen LogP contribution in [0.5, 0.6) is 5.75 Å². The number of sulfonamides is 1. The number of amides is 1. The molecule has 0 spiro atoms. The number of carbonyl (C=O) groups is 1. The first-order valence-corrected chi connectivity index (χ1v) is 13.5. The molecular formula is C24H24ClN3O6S2. The van der Waals surface area contributed by atoms with Crippen molar-refractivity contribution in [3.05, 3.63) is 81.4 Å². The quantitative estimate of drug-likeness (QED) is 0.201. The Kier molecular flexibility index (Phi) is 8.83. The number of halogens is 1. The molecule has 0 aliphatic heterocycles. The summed E-state index contributed by atoms with van der Waals surface area (Å²) in [7, 11) is -3.11. The summed E-state index contributed by atoms with van der Waals surface area (Å²) in [6, 6.07) is 15.1. The molecule has 9 nitrogen and oxygen atoms in total. The van der Waals surface area contributed by atoms with E-state index in [1.165, 1.54) is 56.1 Å². The van der Waals surface area contributed by atoms with Crippen LogP contribution in [0.3, 0.4) is 0 Å². The van der Waals surface area contributed by atoms with Crippen LogP contribution in [-0.4, -0.2) is 38.7 Å². The number of ether oxygens (including phenoxy) is 1. The normalized spacial score (nSPS) is 11.1. The first-order chi connectivity index (χ1) is 17.1. The molecule has 0 unspecified atom stereocenters. The highest BCUT2D eigenvalue weighted by atomic mass is 35.5. The molecule has 0 atom stereocenters. The lowest BCUT2D eigenvalue weighted by molar-refractivity contribution is -0.385. The first kappa shape index (κ1) is 27.3. The molecule has 1 amide bonds. The highest BCUT2D eigenvalue weighted by molar-refractivity contribution is 7.99. The third kappa shape index (κ3) is 6.10. The molecule has 3 rings (SSSR count). The molecule has 0 aliphatic rings. The standard InChI is InChI=1S/C24H24ClN3O6S2/c1-4-35-23-8-6-5-7-19(23)26-24(29)15-27(21-13-17(25)10-12-22(21)34-3)36(32,33)18-11-9-16(2)20(14-18)28(30)31/h5-14H,4,15H2,1-3H3,(H,26,29). The van der Waals surface area contributed by atoms with Crippen LogP contribution in [0.15, 0.2) is 70.5 Å². The fraction of sp³-hybridized carbons (Fsp3) is 0.208. The van der Waals surface area contributed by atoms with E-state index in [9.17, 15) is 23.3 Å². The molecule has 0 fully saturated rings. The van der Waals surface area contributed by atoms with Gasteiger partial charge in [-0.15, -0.1) is 11.8 Å². The van der Waals surface area contributed by atoms with Gasteiger partial charge in [0.05, 0.1) is 28.3 Å². The Bertz CT molecular complexity index is 1400. The number of nitrogens with one attached hydrogen (secondary N) is 1. The second kappa shape index (κ2) is 11.6. The number of nitro groups is 1. The summed E-state index contributed by atoms with van der Waals surface area (Å²) in [6.45, 7) is 2.85. The van der Waals surface area contributed by atoms with Crippen LogP contribution in [0, 0.1) is 17.0 Å². The molecule has 1 N–H and O–H groups in total. The van der Waals surface area contributed by atoms with E-state index < -0.39 is 27.4 Å². The average Bonchev–Trinajstić information content (AvgIpc) is 2.83. The molecule has 0 aromatic heterocycles. The van der Waals surface area contributed by atoms with Gasteiger partial charge in [0, 0.05) is 21.5 Å². The third-order valence-electron chi connectivity index (χ3n) is 5.12. The van der Waals surface area contributed by atoms with Gasteiger partial charge in [-0.1, -0.05) is 36.7 Å². The van der Waals surface area contributed by atoms with Gasteiger partial charge in [0.25, 0.3) is 15.7 Å². The maximum atomic E-state index is 13.8. The number of rotatable bonds is 10. The van der Waals surface area contributed by atoms with Gasteiger partial charge >= 0.3 is 0 Å². The number of carbonyl (C=O) groups excluding carboxylic acids is 1. The predicted molar refractivity (Wildman–Crippen MR) is 142 cm³/mol. The van der Waals surface area contributed by atoms with Crippen molar-refractivity contribution in [3.8, 4) is 5.75 Å². The topological polar surface area (TPSA) is 119 Å². The summed E-state index contributed by atoms with van der Waals surface area (Å²) < 4.78 is 33.7. The maximum absolute atomic E-state index is 13.8. The van der Waals surface area contributed by atoms with E-state index in [0.717, 1.165) is 21.0 Å². The zero-order chi connectivity index (χ0) is 26.5. The van der Waals surface area contributed by atoms with E-state index >= 15 is 0 Å². The Morgan fingerprint density at radius 1 is 1.17 bits per heavy atom. The number of methoxy groups -OCH3 is 1. The minimum Gasteiger partial charge on any atom is -0.495 e. The van der Waals surface area contributed by atoms with Crippen molar-refractivity contribution in [2.45, 2.75) is 23.6 Å². The van der Waals surface area contributed by atoms with E-state index in [1.807, 2.05) is 19.1 Å². The number of aryl methyl sites for hydroxylation is 1. The van der Waals surface area contributed by atoms with Crippen LogP contribution in [0.4, 0.5) is 17.1 Å². The van der Waals surface area contributed by atoms with Crippen molar-refractivity contribution in [2.75, 3.05) is 29.0 Å². The molecule has 0 saturated carbocycles. The Labute approximate surface area is 218 Å². The largest absolute Gasteiger partial charge is 0.495 e. The van der Waals surface area contributed by atoms with Crippen LogP contribution in [-0.2, 0) is 14.8 Å². The zero-order valence-corrected chi connectivity index (χ0v) is 22.1. The zero-order valence-electron chi connectivity index (χ0n) is 19.7. The first-order valence-electron chi connectivity index (χ1n) is 10.7. The number of anilines is 2. The molecule has 3 aromatic rings. The maximum Gasteiger partial charge on any atom is 0.273 e. The van der Waals surface area contributed by atoms with Crippen molar-refractivity contribution in [1.82, 2.24) is 0 Å². The van der Waals surface area contributed by atoms with Gasteiger partial charge in [0.15, 0.2) is 0 Å².